The van der Waals surface area contributed by atoms with Gasteiger partial charge in [-0.1, -0.05) is 11.6 Å². The third kappa shape index (κ3) is 3.02. The van der Waals surface area contributed by atoms with Crippen molar-refractivity contribution in [2.24, 2.45) is 0 Å². The largest absolute Gasteiger partial charge is 0.454 e. The molecule has 0 aliphatic carbocycles. The number of benzene rings is 2. The Kier molecular flexibility index (Phi) is 4.08. The van der Waals surface area contributed by atoms with E-state index in [1.165, 1.54) is 18.2 Å². The van der Waals surface area contributed by atoms with Gasteiger partial charge in [-0.2, -0.15) is 0 Å². The molecule has 2 aromatic rings. The van der Waals surface area contributed by atoms with E-state index >= 15 is 0 Å². The first-order chi connectivity index (χ1) is 12.9. The fourth-order valence-electron chi connectivity index (χ4n) is 2.85. The number of carbonyl (C=O) groups is 3. The van der Waals surface area contributed by atoms with Crippen molar-refractivity contribution in [1.29, 1.82) is 0 Å². The average molecular weight is 385 g/mol. The van der Waals surface area contributed by atoms with Crippen molar-refractivity contribution >= 4 is 41.2 Å². The summed E-state index contributed by atoms with van der Waals surface area (Å²) in [6.45, 7) is 1.94. The molecule has 1 saturated heterocycles. The molecule has 8 heteroatoms. The molecule has 0 bridgehead atoms. The summed E-state index contributed by atoms with van der Waals surface area (Å²) in [6, 6.07) is 8.80. The number of ether oxygens (including phenoxy) is 2. The highest BCUT2D eigenvalue weighted by Gasteiger charge is 2.37. The Hall–Kier alpha value is -3.32. The number of amides is 4. The molecule has 136 valence electrons. The van der Waals surface area contributed by atoms with E-state index in [9.17, 15) is 14.4 Å². The minimum Gasteiger partial charge on any atom is -0.454 e. The van der Waals surface area contributed by atoms with Crippen LogP contribution in [0.5, 0.6) is 11.5 Å². The number of imide groups is 2. The van der Waals surface area contributed by atoms with Crippen molar-refractivity contribution in [3.8, 4) is 11.5 Å². The summed E-state index contributed by atoms with van der Waals surface area (Å²) in [5.74, 6) is -0.343. The Labute approximate surface area is 159 Å². The molecule has 0 aromatic heterocycles. The molecule has 0 unspecified atom stereocenters. The number of carbonyl (C=O) groups excluding carboxylic acids is 3. The predicted molar refractivity (Wildman–Crippen MR) is 97.8 cm³/mol. The van der Waals surface area contributed by atoms with Crippen LogP contribution in [0, 0.1) is 6.92 Å². The van der Waals surface area contributed by atoms with Gasteiger partial charge < -0.3 is 9.47 Å². The number of hydrogen-bond acceptors (Lipinski definition) is 5. The van der Waals surface area contributed by atoms with Crippen LogP contribution in [0.3, 0.4) is 0 Å². The monoisotopic (exact) mass is 384 g/mol. The van der Waals surface area contributed by atoms with Gasteiger partial charge in [0, 0.05) is 5.02 Å². The van der Waals surface area contributed by atoms with Crippen LogP contribution >= 0.6 is 11.6 Å². The number of halogens is 1. The molecule has 0 atom stereocenters. The van der Waals surface area contributed by atoms with Crippen molar-refractivity contribution in [3.05, 3.63) is 58.1 Å². The molecule has 1 N–H and O–H groups in total. The molecule has 2 aliphatic heterocycles. The zero-order valence-corrected chi connectivity index (χ0v) is 14.9. The van der Waals surface area contributed by atoms with E-state index in [1.54, 1.807) is 24.3 Å². The lowest BCUT2D eigenvalue weighted by Crippen LogP contribution is -2.54. The summed E-state index contributed by atoms with van der Waals surface area (Å²) < 4.78 is 10.7. The summed E-state index contributed by atoms with van der Waals surface area (Å²) in [7, 11) is 0. The van der Waals surface area contributed by atoms with Crippen molar-refractivity contribution in [3.63, 3.8) is 0 Å². The maximum Gasteiger partial charge on any atom is 0.335 e. The highest BCUT2D eigenvalue weighted by Crippen LogP contribution is 2.35. The molecule has 2 heterocycles. The van der Waals surface area contributed by atoms with Crippen LogP contribution in [0.15, 0.2) is 42.0 Å². The Balaban J connectivity index is 1.75. The van der Waals surface area contributed by atoms with Gasteiger partial charge in [-0.25, -0.2) is 9.69 Å². The fourth-order valence-corrected chi connectivity index (χ4v) is 2.98. The second-order valence-corrected chi connectivity index (χ2v) is 6.43. The van der Waals surface area contributed by atoms with E-state index in [0.717, 1.165) is 10.5 Å². The SMILES string of the molecule is Cc1cc2c(cc1/C=C1\C(=O)NC(=O)N(c3ccc(Cl)cc3)C1=O)OCO2. The minimum atomic E-state index is -0.813. The second kappa shape index (κ2) is 6.44. The predicted octanol–water partition coefficient (Wildman–Crippen LogP) is 3.04. The molecular weight excluding hydrogens is 372 g/mol. The molecule has 4 amide bonds. The third-order valence-corrected chi connectivity index (χ3v) is 4.50. The summed E-state index contributed by atoms with van der Waals surface area (Å²) >= 11 is 5.85. The van der Waals surface area contributed by atoms with Crippen LogP contribution in [0.4, 0.5) is 10.5 Å². The van der Waals surface area contributed by atoms with Crippen LogP contribution < -0.4 is 19.7 Å². The molecule has 1 fully saturated rings. The number of urea groups is 1. The molecule has 0 spiro atoms. The zero-order chi connectivity index (χ0) is 19.1. The van der Waals surface area contributed by atoms with E-state index in [1.807, 2.05) is 6.92 Å². The minimum absolute atomic E-state index is 0.118. The Morgan fingerprint density at radius 2 is 1.74 bits per heavy atom. The summed E-state index contributed by atoms with van der Waals surface area (Å²) in [6.07, 6.45) is 1.43. The molecular formula is C19H13ClN2O5. The number of rotatable bonds is 2. The fraction of sp³-hybridized carbons (Fsp3) is 0.105. The molecule has 0 radical (unpaired) electrons. The zero-order valence-electron chi connectivity index (χ0n) is 14.1. The Morgan fingerprint density at radius 1 is 1.07 bits per heavy atom. The molecule has 4 rings (SSSR count). The van der Waals surface area contributed by atoms with Gasteiger partial charge in [0.25, 0.3) is 11.8 Å². The van der Waals surface area contributed by atoms with Gasteiger partial charge in [-0.05, 0) is 60.5 Å². The summed E-state index contributed by atoms with van der Waals surface area (Å²) in [5, 5.41) is 2.65. The molecule has 0 saturated carbocycles. The molecule has 27 heavy (non-hydrogen) atoms. The number of nitrogens with zero attached hydrogens (tertiary/aromatic N) is 1. The van der Waals surface area contributed by atoms with Crippen molar-refractivity contribution in [1.82, 2.24) is 5.32 Å². The van der Waals surface area contributed by atoms with Crippen molar-refractivity contribution < 1.29 is 23.9 Å². The molecule has 2 aromatic carbocycles. The van der Waals surface area contributed by atoms with Gasteiger partial charge in [-0.3, -0.25) is 14.9 Å². The highest BCUT2D eigenvalue weighted by molar-refractivity contribution is 6.39. The van der Waals surface area contributed by atoms with Crippen molar-refractivity contribution in [2.75, 3.05) is 11.7 Å². The van der Waals surface area contributed by atoms with E-state index in [2.05, 4.69) is 5.32 Å². The summed E-state index contributed by atoms with van der Waals surface area (Å²) in [4.78, 5) is 38.2. The van der Waals surface area contributed by atoms with Gasteiger partial charge in [0.05, 0.1) is 5.69 Å². The van der Waals surface area contributed by atoms with Gasteiger partial charge in [-0.15, -0.1) is 0 Å². The topological polar surface area (TPSA) is 84.9 Å². The van der Waals surface area contributed by atoms with E-state index < -0.39 is 17.8 Å². The molecule has 7 nitrogen and oxygen atoms in total. The third-order valence-electron chi connectivity index (χ3n) is 4.25. The lowest BCUT2D eigenvalue weighted by molar-refractivity contribution is -0.122. The average Bonchev–Trinajstić information content (AvgIpc) is 3.07. The van der Waals surface area contributed by atoms with Crippen molar-refractivity contribution in [2.45, 2.75) is 6.92 Å². The first-order valence-electron chi connectivity index (χ1n) is 8.01. The Morgan fingerprint density at radius 3 is 2.44 bits per heavy atom. The number of hydrogen-bond donors (Lipinski definition) is 1. The standard InChI is InChI=1S/C19H13ClN2O5/c1-10-6-15-16(27-9-26-15)8-11(10)7-14-17(23)21-19(25)22(18(14)24)13-4-2-12(20)3-5-13/h2-8H,9H2,1H3,(H,21,23,25)/b14-7+. The summed E-state index contributed by atoms with van der Waals surface area (Å²) in [5.41, 5.74) is 1.56. The van der Waals surface area contributed by atoms with Gasteiger partial charge in [0.2, 0.25) is 6.79 Å². The lowest BCUT2D eigenvalue weighted by atomic mass is 10.0. The maximum absolute atomic E-state index is 12.9. The second-order valence-electron chi connectivity index (χ2n) is 6.00. The molecule has 2 aliphatic rings. The number of aryl methyl sites for hydroxylation is 1. The number of anilines is 1. The van der Waals surface area contributed by atoms with E-state index in [4.69, 9.17) is 21.1 Å². The smallest absolute Gasteiger partial charge is 0.335 e. The highest BCUT2D eigenvalue weighted by atomic mass is 35.5. The maximum atomic E-state index is 12.9. The number of nitrogens with one attached hydrogen (secondary N) is 1. The van der Waals surface area contributed by atoms with Crippen LogP contribution in [0.2, 0.25) is 5.02 Å². The van der Waals surface area contributed by atoms with Crippen LogP contribution in [-0.2, 0) is 9.59 Å². The number of fused-ring (bicyclic) bond motifs is 1. The lowest BCUT2D eigenvalue weighted by Gasteiger charge is -2.26. The van der Waals surface area contributed by atoms with E-state index in [0.29, 0.717) is 27.8 Å². The van der Waals surface area contributed by atoms with Crippen LogP contribution in [0.25, 0.3) is 6.08 Å². The normalized spacial score (nSPS) is 17.5. The first-order valence-corrected chi connectivity index (χ1v) is 8.39. The van der Waals surface area contributed by atoms with Crippen LogP contribution in [0.1, 0.15) is 11.1 Å². The van der Waals surface area contributed by atoms with Crippen LogP contribution in [-0.4, -0.2) is 24.6 Å². The first kappa shape index (κ1) is 17.1. The van der Waals surface area contributed by atoms with E-state index in [-0.39, 0.29) is 12.4 Å². The Bertz CT molecular complexity index is 1010. The van der Waals surface area contributed by atoms with Gasteiger partial charge >= 0.3 is 6.03 Å². The van der Waals surface area contributed by atoms with Gasteiger partial charge in [0.15, 0.2) is 11.5 Å². The van der Waals surface area contributed by atoms with Gasteiger partial charge in [0.1, 0.15) is 5.57 Å². The number of barbiturate groups is 1. The quantitative estimate of drug-likeness (QED) is 0.635.